The molecule has 0 amide bonds. The Bertz CT molecular complexity index is 567. The molecule has 0 fully saturated rings. The Morgan fingerprint density at radius 2 is 2.29 bits per heavy atom. The molecule has 0 saturated carbocycles. The van der Waals surface area contributed by atoms with Gasteiger partial charge in [-0.05, 0) is 19.1 Å². The van der Waals surface area contributed by atoms with Crippen LogP contribution in [0.2, 0.25) is 0 Å². The van der Waals surface area contributed by atoms with Crippen molar-refractivity contribution < 1.29 is 18.7 Å². The average Bonchev–Trinajstić information content (AvgIpc) is 2.69. The van der Waals surface area contributed by atoms with Gasteiger partial charge in [0.15, 0.2) is 5.58 Å². The van der Waals surface area contributed by atoms with Gasteiger partial charge in [-0.1, -0.05) is 0 Å². The molecule has 1 aromatic heterocycles. The molecule has 1 N–H and O–H groups in total. The molecule has 0 radical (unpaired) electrons. The largest absolute Gasteiger partial charge is 0.480 e. The van der Waals surface area contributed by atoms with Gasteiger partial charge >= 0.3 is 5.97 Å². The maximum absolute atomic E-state index is 12.9. The molecule has 0 aliphatic heterocycles. The normalized spacial score (nSPS) is 12.6. The van der Waals surface area contributed by atoms with Gasteiger partial charge in [-0.25, -0.2) is 9.18 Å². The van der Waals surface area contributed by atoms with Gasteiger partial charge in [-0.2, -0.15) is 4.98 Å². The van der Waals surface area contributed by atoms with E-state index >= 15 is 0 Å². The zero-order chi connectivity index (χ0) is 12.6. The summed E-state index contributed by atoms with van der Waals surface area (Å²) in [6, 6.07) is 3.34. The van der Waals surface area contributed by atoms with Crippen LogP contribution in [0.25, 0.3) is 11.1 Å². The average molecular weight is 238 g/mol. The zero-order valence-corrected chi connectivity index (χ0v) is 9.35. The Labute approximate surface area is 96.5 Å². The highest BCUT2D eigenvalue weighted by Gasteiger charge is 2.21. The molecule has 0 aliphatic carbocycles. The number of aromatic nitrogens is 1. The minimum Gasteiger partial charge on any atom is -0.480 e. The first kappa shape index (κ1) is 11.4. The van der Waals surface area contributed by atoms with E-state index in [0.717, 1.165) is 0 Å². The number of hydrogen-bond donors (Lipinski definition) is 1. The molecule has 90 valence electrons. The second kappa shape index (κ2) is 4.04. The predicted molar refractivity (Wildman–Crippen MR) is 59.5 cm³/mol. The van der Waals surface area contributed by atoms with E-state index < -0.39 is 17.8 Å². The quantitative estimate of drug-likeness (QED) is 0.884. The molecule has 1 aromatic carbocycles. The fourth-order valence-electron chi connectivity index (χ4n) is 1.37. The molecule has 17 heavy (non-hydrogen) atoms. The van der Waals surface area contributed by atoms with Gasteiger partial charge in [0.25, 0.3) is 6.01 Å². The Hall–Kier alpha value is -2.11. The summed E-state index contributed by atoms with van der Waals surface area (Å²) in [5, 5.41) is 8.86. The van der Waals surface area contributed by atoms with Crippen LogP contribution >= 0.6 is 0 Å². The lowest BCUT2D eigenvalue weighted by Crippen LogP contribution is -2.35. The number of oxazole rings is 1. The molecular formula is C11H11FN2O3. The number of fused-ring (bicyclic) bond motifs is 1. The first-order valence-corrected chi connectivity index (χ1v) is 5.01. The van der Waals surface area contributed by atoms with Crippen molar-refractivity contribution in [2.24, 2.45) is 0 Å². The first-order chi connectivity index (χ1) is 7.99. The van der Waals surface area contributed by atoms with E-state index in [2.05, 4.69) is 4.98 Å². The van der Waals surface area contributed by atoms with Crippen LogP contribution in [-0.4, -0.2) is 29.1 Å². The number of hydrogen-bond acceptors (Lipinski definition) is 4. The standard InChI is InChI=1S/C11H11FN2O3/c1-6(10(15)16)14(2)11-13-8-5-7(12)3-4-9(8)17-11/h3-6H,1-2H3,(H,15,16). The Morgan fingerprint density at radius 3 is 2.94 bits per heavy atom. The minimum atomic E-state index is -0.985. The second-order valence-electron chi connectivity index (χ2n) is 3.73. The summed E-state index contributed by atoms with van der Waals surface area (Å²) < 4.78 is 18.3. The van der Waals surface area contributed by atoms with Crippen molar-refractivity contribution in [2.75, 3.05) is 11.9 Å². The van der Waals surface area contributed by atoms with Crippen LogP contribution in [0, 0.1) is 5.82 Å². The summed E-state index contributed by atoms with van der Waals surface area (Å²) in [5.74, 6) is -1.40. The molecule has 1 atom stereocenters. The fourth-order valence-corrected chi connectivity index (χ4v) is 1.37. The number of carboxylic acids is 1. The summed E-state index contributed by atoms with van der Waals surface area (Å²) in [4.78, 5) is 16.2. The number of carboxylic acid groups (broad SMARTS) is 1. The molecule has 1 heterocycles. The molecule has 5 nitrogen and oxygen atoms in total. The molecule has 6 heteroatoms. The number of carbonyl (C=O) groups is 1. The summed E-state index contributed by atoms with van der Waals surface area (Å²) in [7, 11) is 1.56. The second-order valence-corrected chi connectivity index (χ2v) is 3.73. The highest BCUT2D eigenvalue weighted by molar-refractivity contribution is 5.78. The third kappa shape index (κ3) is 2.06. The van der Waals surface area contributed by atoms with Gasteiger partial charge in [0, 0.05) is 13.1 Å². The number of aliphatic carboxylic acids is 1. The number of anilines is 1. The lowest BCUT2D eigenvalue weighted by Gasteiger charge is -2.18. The van der Waals surface area contributed by atoms with Crippen molar-refractivity contribution in [2.45, 2.75) is 13.0 Å². The maximum Gasteiger partial charge on any atom is 0.326 e. The highest BCUT2D eigenvalue weighted by atomic mass is 19.1. The summed E-state index contributed by atoms with van der Waals surface area (Å²) in [6.07, 6.45) is 0. The number of halogens is 1. The highest BCUT2D eigenvalue weighted by Crippen LogP contribution is 2.22. The van der Waals surface area contributed by atoms with Gasteiger partial charge in [-0.15, -0.1) is 0 Å². The van der Waals surface area contributed by atoms with Gasteiger partial charge in [0.05, 0.1) is 0 Å². The van der Waals surface area contributed by atoms with E-state index in [-0.39, 0.29) is 6.01 Å². The van der Waals surface area contributed by atoms with Crippen molar-refractivity contribution in [3.05, 3.63) is 24.0 Å². The Balaban J connectivity index is 2.39. The van der Waals surface area contributed by atoms with Crippen LogP contribution in [0.4, 0.5) is 10.4 Å². The lowest BCUT2D eigenvalue weighted by atomic mass is 10.3. The van der Waals surface area contributed by atoms with E-state index in [1.807, 2.05) is 0 Å². The molecule has 0 spiro atoms. The van der Waals surface area contributed by atoms with Crippen LogP contribution in [0.1, 0.15) is 6.92 Å². The molecule has 2 aromatic rings. The molecular weight excluding hydrogens is 227 g/mol. The smallest absolute Gasteiger partial charge is 0.326 e. The van der Waals surface area contributed by atoms with Gasteiger partial charge in [-0.3, -0.25) is 0 Å². The summed E-state index contributed by atoms with van der Waals surface area (Å²) in [5.41, 5.74) is 0.787. The molecule has 1 unspecified atom stereocenters. The van der Waals surface area contributed by atoms with Gasteiger partial charge < -0.3 is 14.4 Å². The van der Waals surface area contributed by atoms with Gasteiger partial charge in [0.2, 0.25) is 0 Å². The summed E-state index contributed by atoms with van der Waals surface area (Å²) >= 11 is 0. The zero-order valence-electron chi connectivity index (χ0n) is 9.35. The predicted octanol–water partition coefficient (Wildman–Crippen LogP) is 1.88. The SMILES string of the molecule is CC(C(=O)O)N(C)c1nc2cc(F)ccc2o1. The molecule has 0 saturated heterocycles. The van der Waals surface area contributed by atoms with Crippen molar-refractivity contribution in [3.8, 4) is 0 Å². The number of rotatable bonds is 3. The fraction of sp³-hybridized carbons (Fsp3) is 0.273. The van der Waals surface area contributed by atoms with Crippen LogP contribution in [-0.2, 0) is 4.79 Å². The third-order valence-electron chi connectivity index (χ3n) is 2.58. The minimum absolute atomic E-state index is 0.153. The van der Waals surface area contributed by atoms with Crippen LogP contribution in [0.3, 0.4) is 0 Å². The summed E-state index contributed by atoms with van der Waals surface area (Å²) in [6.45, 7) is 1.51. The van der Waals surface area contributed by atoms with E-state index in [1.54, 1.807) is 7.05 Å². The van der Waals surface area contributed by atoms with E-state index in [4.69, 9.17) is 9.52 Å². The lowest BCUT2D eigenvalue weighted by molar-refractivity contribution is -0.138. The first-order valence-electron chi connectivity index (χ1n) is 5.01. The topological polar surface area (TPSA) is 66.6 Å². The third-order valence-corrected chi connectivity index (χ3v) is 2.58. The van der Waals surface area contributed by atoms with E-state index in [0.29, 0.717) is 11.1 Å². The Morgan fingerprint density at radius 1 is 1.59 bits per heavy atom. The van der Waals surface area contributed by atoms with Crippen molar-refractivity contribution in [1.82, 2.24) is 4.98 Å². The van der Waals surface area contributed by atoms with Crippen LogP contribution in [0.5, 0.6) is 0 Å². The Kier molecular flexibility index (Phi) is 2.71. The number of benzene rings is 1. The molecule has 0 aliphatic rings. The van der Waals surface area contributed by atoms with Crippen molar-refractivity contribution in [3.63, 3.8) is 0 Å². The van der Waals surface area contributed by atoms with Gasteiger partial charge in [0.1, 0.15) is 17.4 Å². The van der Waals surface area contributed by atoms with Crippen molar-refractivity contribution in [1.29, 1.82) is 0 Å². The monoisotopic (exact) mass is 238 g/mol. The number of likely N-dealkylation sites (N-methyl/N-ethyl adjacent to an activating group) is 1. The van der Waals surface area contributed by atoms with Crippen LogP contribution in [0.15, 0.2) is 22.6 Å². The molecule has 2 rings (SSSR count). The maximum atomic E-state index is 12.9. The van der Waals surface area contributed by atoms with Crippen LogP contribution < -0.4 is 4.90 Å². The molecule has 0 bridgehead atoms. The van der Waals surface area contributed by atoms with Crippen molar-refractivity contribution >= 4 is 23.1 Å². The van der Waals surface area contributed by atoms with E-state index in [1.165, 1.54) is 30.0 Å². The van der Waals surface area contributed by atoms with E-state index in [9.17, 15) is 9.18 Å². The number of nitrogens with zero attached hydrogens (tertiary/aromatic N) is 2.